The molecule has 4 heteroatoms. The normalized spacial score (nSPS) is 18.7. The van der Waals surface area contributed by atoms with Crippen molar-refractivity contribution in [1.82, 2.24) is 4.90 Å². The second kappa shape index (κ2) is 7.34. The number of amides is 2. The van der Waals surface area contributed by atoms with Crippen LogP contribution in [0.15, 0.2) is 24.3 Å². The number of likely N-dealkylation sites (tertiary alicyclic amines) is 1. The molecule has 21 heavy (non-hydrogen) atoms. The average Bonchev–Trinajstić information content (AvgIpc) is 2.48. The van der Waals surface area contributed by atoms with E-state index in [4.69, 9.17) is 4.74 Å². The molecule has 4 nitrogen and oxygen atoms in total. The Hall–Kier alpha value is -1.71. The first-order valence-electron chi connectivity index (χ1n) is 7.91. The van der Waals surface area contributed by atoms with Crippen molar-refractivity contribution in [1.29, 1.82) is 0 Å². The zero-order valence-corrected chi connectivity index (χ0v) is 13.3. The highest BCUT2D eigenvalue weighted by Crippen LogP contribution is 2.26. The van der Waals surface area contributed by atoms with Crippen molar-refractivity contribution in [2.45, 2.75) is 46.1 Å². The third-order valence-corrected chi connectivity index (χ3v) is 3.87. The second-order valence-corrected chi connectivity index (χ2v) is 5.96. The minimum absolute atomic E-state index is 0.0204. The van der Waals surface area contributed by atoms with Crippen LogP contribution in [0, 0.1) is 5.92 Å². The van der Waals surface area contributed by atoms with Gasteiger partial charge in [0.25, 0.3) is 0 Å². The highest BCUT2D eigenvalue weighted by Gasteiger charge is 2.23. The van der Waals surface area contributed by atoms with Gasteiger partial charge in [0.1, 0.15) is 5.75 Å². The van der Waals surface area contributed by atoms with Crippen molar-refractivity contribution in [2.75, 3.05) is 18.4 Å². The van der Waals surface area contributed by atoms with Gasteiger partial charge in [-0.15, -0.1) is 0 Å². The average molecular weight is 290 g/mol. The Morgan fingerprint density at radius 3 is 2.90 bits per heavy atom. The van der Waals surface area contributed by atoms with Crippen LogP contribution in [-0.2, 0) is 0 Å². The molecule has 0 spiro atoms. The lowest BCUT2D eigenvalue weighted by atomic mass is 9.96. The lowest BCUT2D eigenvalue weighted by Crippen LogP contribution is -2.42. The number of carbonyl (C=O) groups is 1. The van der Waals surface area contributed by atoms with E-state index in [2.05, 4.69) is 12.2 Å². The third-order valence-electron chi connectivity index (χ3n) is 3.87. The van der Waals surface area contributed by atoms with Gasteiger partial charge < -0.3 is 15.0 Å². The molecule has 1 aliphatic heterocycles. The summed E-state index contributed by atoms with van der Waals surface area (Å²) in [6, 6.07) is 7.58. The highest BCUT2D eigenvalue weighted by molar-refractivity contribution is 5.91. The summed E-state index contributed by atoms with van der Waals surface area (Å²) in [5, 5.41) is 2.99. The number of hydrogen-bond donors (Lipinski definition) is 1. The molecule has 1 aromatic carbocycles. The zero-order valence-electron chi connectivity index (χ0n) is 13.3. The van der Waals surface area contributed by atoms with E-state index in [1.807, 2.05) is 43.0 Å². The van der Waals surface area contributed by atoms with Crippen molar-refractivity contribution in [2.24, 2.45) is 5.92 Å². The third kappa shape index (κ3) is 4.38. The Kier molecular flexibility index (Phi) is 5.48. The van der Waals surface area contributed by atoms with Gasteiger partial charge in [-0.2, -0.15) is 0 Å². The molecule has 0 radical (unpaired) electrons. The Bertz CT molecular complexity index is 474. The zero-order chi connectivity index (χ0) is 15.2. The molecule has 0 aromatic heterocycles. The molecule has 2 amide bonds. The van der Waals surface area contributed by atoms with Gasteiger partial charge in [0.05, 0.1) is 11.8 Å². The first-order valence-corrected chi connectivity index (χ1v) is 7.91. The Labute approximate surface area is 127 Å². The molecule has 1 atom stereocenters. The van der Waals surface area contributed by atoms with Gasteiger partial charge in [-0.1, -0.05) is 25.5 Å². The van der Waals surface area contributed by atoms with E-state index in [0.29, 0.717) is 5.92 Å². The molecule has 0 bridgehead atoms. The largest absolute Gasteiger partial charge is 0.489 e. The summed E-state index contributed by atoms with van der Waals surface area (Å²) in [4.78, 5) is 14.3. The van der Waals surface area contributed by atoms with Crippen LogP contribution < -0.4 is 10.1 Å². The van der Waals surface area contributed by atoms with Gasteiger partial charge >= 0.3 is 6.03 Å². The summed E-state index contributed by atoms with van der Waals surface area (Å²) in [7, 11) is 0. The number of nitrogens with one attached hydrogen (secondary N) is 1. The van der Waals surface area contributed by atoms with Crippen molar-refractivity contribution in [3.63, 3.8) is 0 Å². The molecule has 2 rings (SSSR count). The molecule has 1 saturated heterocycles. The number of rotatable bonds is 4. The lowest BCUT2D eigenvalue weighted by molar-refractivity contribution is 0.175. The second-order valence-electron chi connectivity index (χ2n) is 5.96. The summed E-state index contributed by atoms with van der Waals surface area (Å²) in [5.74, 6) is 1.36. The van der Waals surface area contributed by atoms with Gasteiger partial charge in [0.2, 0.25) is 0 Å². The van der Waals surface area contributed by atoms with Crippen LogP contribution in [0.1, 0.15) is 40.0 Å². The first-order chi connectivity index (χ1) is 10.1. The fraction of sp³-hybridized carbons (Fsp3) is 0.588. The maximum absolute atomic E-state index is 12.4. The van der Waals surface area contributed by atoms with E-state index in [1.165, 1.54) is 6.42 Å². The number of piperidine rings is 1. The number of urea groups is 1. The smallest absolute Gasteiger partial charge is 0.321 e. The molecule has 116 valence electrons. The van der Waals surface area contributed by atoms with Crippen LogP contribution in [0.25, 0.3) is 0 Å². The van der Waals surface area contributed by atoms with Crippen molar-refractivity contribution < 1.29 is 9.53 Å². The highest BCUT2D eigenvalue weighted by atomic mass is 16.5. The lowest BCUT2D eigenvalue weighted by Gasteiger charge is -2.32. The molecule has 1 unspecified atom stereocenters. The minimum atomic E-state index is -0.0204. The maximum Gasteiger partial charge on any atom is 0.321 e. The number of hydrogen-bond acceptors (Lipinski definition) is 2. The van der Waals surface area contributed by atoms with E-state index >= 15 is 0 Å². The first kappa shape index (κ1) is 15.7. The summed E-state index contributed by atoms with van der Waals surface area (Å²) < 4.78 is 5.74. The maximum atomic E-state index is 12.4. The van der Waals surface area contributed by atoms with Crippen molar-refractivity contribution in [3.05, 3.63) is 24.3 Å². The fourth-order valence-electron chi connectivity index (χ4n) is 2.70. The predicted molar refractivity (Wildman–Crippen MR) is 85.8 cm³/mol. The van der Waals surface area contributed by atoms with Crippen LogP contribution >= 0.6 is 0 Å². The van der Waals surface area contributed by atoms with Gasteiger partial charge in [-0.25, -0.2) is 4.79 Å². The van der Waals surface area contributed by atoms with Gasteiger partial charge in [0, 0.05) is 13.1 Å². The van der Waals surface area contributed by atoms with Gasteiger partial charge in [0.15, 0.2) is 0 Å². The van der Waals surface area contributed by atoms with Gasteiger partial charge in [-0.05, 0) is 44.7 Å². The summed E-state index contributed by atoms with van der Waals surface area (Å²) in [6.45, 7) is 7.85. The monoisotopic (exact) mass is 290 g/mol. The molecule has 0 aliphatic carbocycles. The Balaban J connectivity index is 2.02. The molecule has 1 aliphatic rings. The molecule has 1 N–H and O–H groups in total. The Morgan fingerprint density at radius 1 is 1.43 bits per heavy atom. The number of para-hydroxylation sites is 2. The number of carbonyl (C=O) groups excluding carboxylic acids is 1. The molecule has 1 heterocycles. The number of benzene rings is 1. The van der Waals surface area contributed by atoms with Crippen molar-refractivity contribution >= 4 is 11.7 Å². The molecule has 0 saturated carbocycles. The van der Waals surface area contributed by atoms with Crippen LogP contribution in [-0.4, -0.2) is 30.1 Å². The SMILES string of the molecule is CCC1CCCN(C(=O)Nc2ccccc2OC(C)C)C1. The Morgan fingerprint density at radius 2 is 2.19 bits per heavy atom. The predicted octanol–water partition coefficient (Wildman–Crippen LogP) is 4.13. The quantitative estimate of drug-likeness (QED) is 0.906. The van der Waals surface area contributed by atoms with E-state index in [0.717, 1.165) is 37.4 Å². The number of ether oxygens (including phenoxy) is 1. The summed E-state index contributed by atoms with van der Waals surface area (Å²) >= 11 is 0. The minimum Gasteiger partial charge on any atom is -0.489 e. The van der Waals surface area contributed by atoms with Crippen LogP contribution in [0.3, 0.4) is 0 Å². The summed E-state index contributed by atoms with van der Waals surface area (Å²) in [5.41, 5.74) is 0.745. The number of anilines is 1. The van der Waals surface area contributed by atoms with Crippen LogP contribution in [0.2, 0.25) is 0 Å². The van der Waals surface area contributed by atoms with Crippen molar-refractivity contribution in [3.8, 4) is 5.75 Å². The molecular formula is C17H26N2O2. The molecule has 1 fully saturated rings. The van der Waals surface area contributed by atoms with E-state index < -0.39 is 0 Å². The molecule has 1 aromatic rings. The van der Waals surface area contributed by atoms with E-state index in [9.17, 15) is 4.79 Å². The fourth-order valence-corrected chi connectivity index (χ4v) is 2.70. The van der Waals surface area contributed by atoms with Crippen LogP contribution in [0.4, 0.5) is 10.5 Å². The van der Waals surface area contributed by atoms with Gasteiger partial charge in [-0.3, -0.25) is 0 Å². The number of nitrogens with zero attached hydrogens (tertiary/aromatic N) is 1. The van der Waals surface area contributed by atoms with Crippen LogP contribution in [0.5, 0.6) is 5.75 Å². The van der Waals surface area contributed by atoms with E-state index in [1.54, 1.807) is 0 Å². The standard InChI is InChI=1S/C17H26N2O2/c1-4-14-8-7-11-19(12-14)17(20)18-15-9-5-6-10-16(15)21-13(2)3/h5-6,9-10,13-14H,4,7-8,11-12H2,1-3H3,(H,18,20). The van der Waals surface area contributed by atoms with E-state index in [-0.39, 0.29) is 12.1 Å². The molecular weight excluding hydrogens is 264 g/mol. The topological polar surface area (TPSA) is 41.6 Å². The summed E-state index contributed by atoms with van der Waals surface area (Å²) in [6.07, 6.45) is 3.54.